The molecule has 2 aromatic rings. The van der Waals surface area contributed by atoms with E-state index in [1.807, 2.05) is 30.7 Å². The highest BCUT2D eigenvalue weighted by atomic mass is 19.4. The second-order valence-electron chi connectivity index (χ2n) is 11.1. The van der Waals surface area contributed by atoms with Crippen LogP contribution >= 0.6 is 0 Å². The van der Waals surface area contributed by atoms with E-state index in [9.17, 15) is 22.8 Å². The van der Waals surface area contributed by atoms with Crippen molar-refractivity contribution in [2.24, 2.45) is 10.9 Å². The lowest BCUT2D eigenvalue weighted by atomic mass is 9.95. The maximum atomic E-state index is 15.8. The van der Waals surface area contributed by atoms with Crippen LogP contribution in [0.5, 0.6) is 0 Å². The Hall–Kier alpha value is -3.84. The Morgan fingerprint density at radius 1 is 0.977 bits per heavy atom. The van der Waals surface area contributed by atoms with E-state index < -0.39 is 41.1 Å². The van der Waals surface area contributed by atoms with Gasteiger partial charge in [-0.1, -0.05) is 6.07 Å². The molecule has 3 aliphatic rings. The van der Waals surface area contributed by atoms with Gasteiger partial charge in [0.2, 0.25) is 5.91 Å². The molecule has 43 heavy (non-hydrogen) atoms. The highest BCUT2D eigenvalue weighted by molar-refractivity contribution is 6.11. The van der Waals surface area contributed by atoms with Gasteiger partial charge in [0.15, 0.2) is 0 Å². The minimum absolute atomic E-state index is 0.0409. The molecule has 1 N–H and O–H groups in total. The van der Waals surface area contributed by atoms with Crippen LogP contribution in [0.4, 0.5) is 39.0 Å². The Balaban J connectivity index is 1.54. The molecule has 2 saturated heterocycles. The molecule has 0 spiro atoms. The van der Waals surface area contributed by atoms with E-state index in [4.69, 9.17) is 4.74 Å². The number of hydrogen-bond donors (Lipinski definition) is 1. The molecule has 2 aromatic carbocycles. The summed E-state index contributed by atoms with van der Waals surface area (Å²) in [6, 6.07) is 6.91. The number of benzene rings is 2. The van der Waals surface area contributed by atoms with Gasteiger partial charge in [-0.05, 0) is 50.7 Å². The fourth-order valence-electron chi connectivity index (χ4n) is 5.65. The molecule has 13 heteroatoms. The summed E-state index contributed by atoms with van der Waals surface area (Å²) in [6.45, 7) is 6.80. The minimum Gasteiger partial charge on any atom is -0.378 e. The molecule has 0 aromatic heterocycles. The number of anilines is 3. The van der Waals surface area contributed by atoms with E-state index >= 15 is 8.78 Å². The Morgan fingerprint density at radius 2 is 1.65 bits per heavy atom. The van der Waals surface area contributed by atoms with Crippen molar-refractivity contribution < 1.29 is 36.3 Å². The van der Waals surface area contributed by atoms with Crippen molar-refractivity contribution in [1.29, 1.82) is 0 Å². The molecular formula is C30H32F5N5O3. The normalized spacial score (nSPS) is 23.4. The Bertz CT molecular complexity index is 1460. The summed E-state index contributed by atoms with van der Waals surface area (Å²) in [5.74, 6) is -5.37. The van der Waals surface area contributed by atoms with Crippen LogP contribution in [0.25, 0.3) is 11.1 Å². The molecule has 3 atom stereocenters. The van der Waals surface area contributed by atoms with Crippen molar-refractivity contribution in [2.75, 3.05) is 61.6 Å². The van der Waals surface area contributed by atoms with Crippen molar-refractivity contribution in [3.8, 4) is 11.1 Å². The third kappa shape index (κ3) is 6.42. The lowest BCUT2D eigenvalue weighted by molar-refractivity contribution is -0.124. The lowest BCUT2D eigenvalue weighted by Crippen LogP contribution is -2.55. The number of halogens is 5. The summed E-state index contributed by atoms with van der Waals surface area (Å²) in [7, 11) is 1.96. The molecule has 0 bridgehead atoms. The largest absolute Gasteiger partial charge is 0.414 e. The SMILES string of the molecule is C[C@@H]1CN(c2cc(F)c(-c3ccc(N4CCOCC4)c(F)c3)cc2NC(=O)C2C=NC(=O)C=C2C(F)(F)F)C[C@H](C)N1C. The second kappa shape index (κ2) is 12.0. The van der Waals surface area contributed by atoms with Crippen LogP contribution in [0.1, 0.15) is 13.8 Å². The van der Waals surface area contributed by atoms with Crippen LogP contribution in [-0.4, -0.2) is 87.6 Å². The molecule has 2 amide bonds. The third-order valence-corrected chi connectivity index (χ3v) is 8.23. The summed E-state index contributed by atoms with van der Waals surface area (Å²) < 4.78 is 77.5. The Labute approximate surface area is 245 Å². The second-order valence-corrected chi connectivity index (χ2v) is 11.1. The number of likely N-dealkylation sites (N-methyl/N-ethyl adjacent to an activating group) is 1. The Morgan fingerprint density at radius 3 is 2.28 bits per heavy atom. The van der Waals surface area contributed by atoms with E-state index in [2.05, 4.69) is 15.2 Å². The highest BCUT2D eigenvalue weighted by Crippen LogP contribution is 2.39. The average Bonchev–Trinajstić information content (AvgIpc) is 2.96. The molecule has 0 saturated carbocycles. The number of nitrogens with one attached hydrogen (secondary N) is 1. The highest BCUT2D eigenvalue weighted by Gasteiger charge is 2.43. The number of piperazine rings is 1. The predicted octanol–water partition coefficient (Wildman–Crippen LogP) is 4.65. The number of nitrogens with zero attached hydrogens (tertiary/aromatic N) is 4. The van der Waals surface area contributed by atoms with Gasteiger partial charge in [-0.25, -0.2) is 13.8 Å². The summed E-state index contributed by atoms with van der Waals surface area (Å²) >= 11 is 0. The topological polar surface area (TPSA) is 77.5 Å². The minimum atomic E-state index is -4.96. The number of hydrogen-bond acceptors (Lipinski definition) is 6. The van der Waals surface area contributed by atoms with E-state index in [-0.39, 0.29) is 34.6 Å². The number of morpholine rings is 1. The van der Waals surface area contributed by atoms with Crippen LogP contribution < -0.4 is 15.1 Å². The molecule has 3 aliphatic heterocycles. The average molecular weight is 606 g/mol. The Kier molecular flexibility index (Phi) is 8.57. The molecule has 2 fully saturated rings. The summed E-state index contributed by atoms with van der Waals surface area (Å²) in [5, 5.41) is 2.53. The molecule has 230 valence electrons. The van der Waals surface area contributed by atoms with Crippen molar-refractivity contribution in [1.82, 2.24) is 4.90 Å². The number of amides is 2. The molecule has 0 radical (unpaired) electrons. The molecule has 0 aliphatic carbocycles. The standard InChI is InChI=1S/C30H32F5N5O3/c1-17-15-40(16-18(2)38(17)3)27-13-23(31)20(19-4-5-26(24(32)10-19)39-6-8-43-9-7-39)11-25(27)37-29(42)21-14-36-28(41)12-22(21)30(33,34)35/h4-5,10-14,17-18,21H,6-9,15-16H2,1-3H3,(H,37,42)/t17-,18+,21?. The van der Waals surface area contributed by atoms with Gasteiger partial charge in [-0.3, -0.25) is 14.5 Å². The van der Waals surface area contributed by atoms with E-state index in [1.54, 1.807) is 12.1 Å². The first kappa shape index (κ1) is 30.6. The first-order valence-electron chi connectivity index (χ1n) is 13.9. The van der Waals surface area contributed by atoms with Crippen LogP contribution in [-0.2, 0) is 14.3 Å². The van der Waals surface area contributed by atoms with Crippen LogP contribution in [0.15, 0.2) is 47.0 Å². The predicted molar refractivity (Wildman–Crippen MR) is 153 cm³/mol. The molecule has 5 rings (SSSR count). The van der Waals surface area contributed by atoms with Gasteiger partial charge in [0, 0.05) is 56.1 Å². The van der Waals surface area contributed by atoms with E-state index in [0.717, 1.165) is 0 Å². The first-order chi connectivity index (χ1) is 20.3. The van der Waals surface area contributed by atoms with Gasteiger partial charge < -0.3 is 19.9 Å². The number of dihydropyridines is 1. The first-order valence-corrected chi connectivity index (χ1v) is 13.9. The fraction of sp³-hybridized carbons (Fsp3) is 0.433. The number of alkyl halides is 3. The maximum absolute atomic E-state index is 15.8. The van der Waals surface area contributed by atoms with Gasteiger partial charge in [-0.2, -0.15) is 13.2 Å². The van der Waals surface area contributed by atoms with Gasteiger partial charge in [0.05, 0.1) is 35.8 Å². The summed E-state index contributed by atoms with van der Waals surface area (Å²) in [4.78, 5) is 34.1. The number of carbonyl (C=O) groups excluding carboxylic acids is 2. The van der Waals surface area contributed by atoms with Crippen molar-refractivity contribution >= 4 is 35.1 Å². The zero-order valence-corrected chi connectivity index (χ0v) is 23.9. The number of rotatable bonds is 5. The third-order valence-electron chi connectivity index (χ3n) is 8.23. The van der Waals surface area contributed by atoms with Crippen LogP contribution in [0, 0.1) is 17.6 Å². The number of carbonyl (C=O) groups is 2. The lowest BCUT2D eigenvalue weighted by Gasteiger charge is -2.44. The smallest absolute Gasteiger partial charge is 0.378 e. The van der Waals surface area contributed by atoms with Crippen LogP contribution in [0.3, 0.4) is 0 Å². The van der Waals surface area contributed by atoms with Crippen molar-refractivity contribution in [3.05, 3.63) is 53.6 Å². The summed E-state index contributed by atoms with van der Waals surface area (Å²) in [5.41, 5.74) is -0.536. The number of ether oxygens (including phenoxy) is 1. The van der Waals surface area contributed by atoms with E-state index in [1.165, 1.54) is 18.2 Å². The van der Waals surface area contributed by atoms with E-state index in [0.29, 0.717) is 57.4 Å². The van der Waals surface area contributed by atoms with Crippen LogP contribution in [0.2, 0.25) is 0 Å². The van der Waals surface area contributed by atoms with Gasteiger partial charge in [-0.15, -0.1) is 0 Å². The quantitative estimate of drug-likeness (QED) is 0.501. The molecule has 1 unspecified atom stereocenters. The zero-order valence-electron chi connectivity index (χ0n) is 23.9. The van der Waals surface area contributed by atoms with Gasteiger partial charge in [0.25, 0.3) is 5.91 Å². The molecular weight excluding hydrogens is 573 g/mol. The fourth-order valence-corrected chi connectivity index (χ4v) is 5.65. The zero-order chi connectivity index (χ0) is 31.1. The maximum Gasteiger partial charge on any atom is 0.414 e. The van der Waals surface area contributed by atoms with Crippen molar-refractivity contribution in [3.63, 3.8) is 0 Å². The monoisotopic (exact) mass is 605 g/mol. The number of aliphatic imine (C=N–C) groups is 1. The molecule has 8 nitrogen and oxygen atoms in total. The van der Waals surface area contributed by atoms with Gasteiger partial charge >= 0.3 is 6.18 Å². The molecule has 3 heterocycles. The van der Waals surface area contributed by atoms with Crippen molar-refractivity contribution in [2.45, 2.75) is 32.1 Å². The van der Waals surface area contributed by atoms with Gasteiger partial charge in [0.1, 0.15) is 17.6 Å². The summed E-state index contributed by atoms with van der Waals surface area (Å²) in [6.07, 6.45) is -4.00.